The summed E-state index contributed by atoms with van der Waals surface area (Å²) in [5, 5.41) is 10.3. The number of carbonyl (C=O) groups excluding carboxylic acids is 1. The first-order chi connectivity index (χ1) is 7.86. The van der Waals surface area contributed by atoms with E-state index in [1.54, 1.807) is 0 Å². The molecule has 0 radical (unpaired) electrons. The maximum atomic E-state index is 11.8. The monoisotopic (exact) mass is 257 g/mol. The van der Waals surface area contributed by atoms with Gasteiger partial charge in [0.1, 0.15) is 5.56 Å². The van der Waals surface area contributed by atoms with Crippen LogP contribution in [0.5, 0.6) is 0 Å². The molecule has 2 N–H and O–H groups in total. The van der Waals surface area contributed by atoms with Gasteiger partial charge < -0.3 is 15.2 Å². The fourth-order valence-corrected chi connectivity index (χ4v) is 2.50. The third kappa shape index (κ3) is 2.17. The van der Waals surface area contributed by atoms with E-state index in [0.29, 0.717) is 18.0 Å². The van der Waals surface area contributed by atoms with Crippen LogP contribution in [0.25, 0.3) is 0 Å². The van der Waals surface area contributed by atoms with E-state index >= 15 is 0 Å². The molecule has 3 rings (SSSR count). The Morgan fingerprint density at radius 2 is 2.00 bits per heavy atom. The number of aromatic nitrogens is 1. The second-order valence-electron chi connectivity index (χ2n) is 4.40. The smallest absolute Gasteiger partial charge is 0.256 e. The Morgan fingerprint density at radius 1 is 1.24 bits per heavy atom. The van der Waals surface area contributed by atoms with Crippen LogP contribution in [0.15, 0.2) is 4.52 Å². The van der Waals surface area contributed by atoms with Gasteiger partial charge in [-0.3, -0.25) is 4.79 Å². The molecule has 1 fully saturated rings. The van der Waals surface area contributed by atoms with Crippen molar-refractivity contribution in [3.8, 4) is 0 Å². The zero-order valence-corrected chi connectivity index (χ0v) is 10.3. The molecule has 3 heterocycles. The van der Waals surface area contributed by atoms with E-state index in [4.69, 9.17) is 4.52 Å². The van der Waals surface area contributed by atoms with Gasteiger partial charge in [-0.2, -0.15) is 0 Å². The Balaban J connectivity index is 0.00000108. The minimum atomic E-state index is -0.0176. The van der Waals surface area contributed by atoms with Crippen LogP contribution in [0.1, 0.15) is 40.6 Å². The lowest BCUT2D eigenvalue weighted by atomic mass is 9.90. The molecule has 0 unspecified atom stereocenters. The van der Waals surface area contributed by atoms with Crippen molar-refractivity contribution < 1.29 is 9.32 Å². The molecule has 0 aliphatic carbocycles. The molecule has 2 aliphatic rings. The predicted octanol–water partition coefficient (Wildman–Crippen LogP) is 0.849. The summed E-state index contributed by atoms with van der Waals surface area (Å²) in [7, 11) is 0. The first-order valence-corrected chi connectivity index (χ1v) is 5.83. The molecule has 0 aromatic carbocycles. The number of amides is 1. The van der Waals surface area contributed by atoms with E-state index in [-0.39, 0.29) is 18.3 Å². The molecule has 1 aromatic heterocycles. The van der Waals surface area contributed by atoms with Gasteiger partial charge in [0.25, 0.3) is 5.91 Å². The molecular formula is C11H16ClN3O2. The SMILES string of the molecule is Cl.O=C1NCCc2onc(C3CCNCC3)c21. The van der Waals surface area contributed by atoms with E-state index in [1.165, 1.54) is 0 Å². The average Bonchev–Trinajstić information content (AvgIpc) is 2.75. The van der Waals surface area contributed by atoms with Crippen molar-refractivity contribution >= 4 is 18.3 Å². The topological polar surface area (TPSA) is 67.2 Å². The zero-order valence-electron chi connectivity index (χ0n) is 9.49. The van der Waals surface area contributed by atoms with Crippen molar-refractivity contribution in [1.29, 1.82) is 0 Å². The Morgan fingerprint density at radius 3 is 2.76 bits per heavy atom. The number of hydrogen-bond acceptors (Lipinski definition) is 4. The summed E-state index contributed by atoms with van der Waals surface area (Å²) >= 11 is 0. The molecule has 1 amide bonds. The summed E-state index contributed by atoms with van der Waals surface area (Å²) in [5.74, 6) is 1.12. The number of piperidine rings is 1. The van der Waals surface area contributed by atoms with Gasteiger partial charge in [-0.25, -0.2) is 0 Å². The second-order valence-corrected chi connectivity index (χ2v) is 4.40. The van der Waals surface area contributed by atoms with Crippen molar-refractivity contribution in [2.75, 3.05) is 19.6 Å². The fourth-order valence-electron chi connectivity index (χ4n) is 2.50. The van der Waals surface area contributed by atoms with Gasteiger partial charge >= 0.3 is 0 Å². The highest BCUT2D eigenvalue weighted by Gasteiger charge is 2.30. The molecule has 17 heavy (non-hydrogen) atoms. The van der Waals surface area contributed by atoms with Crippen LogP contribution >= 0.6 is 12.4 Å². The minimum Gasteiger partial charge on any atom is -0.360 e. The standard InChI is InChI=1S/C11H15N3O2.ClH/c15-11-9-8(3-6-13-11)16-14-10(9)7-1-4-12-5-2-7;/h7,12H,1-6H2,(H,13,15);1H. The predicted molar refractivity (Wildman–Crippen MR) is 64.6 cm³/mol. The molecule has 0 atom stereocenters. The van der Waals surface area contributed by atoms with Crippen LogP contribution in [0.4, 0.5) is 0 Å². The number of carbonyl (C=O) groups is 1. The summed E-state index contributed by atoms with van der Waals surface area (Å²) in [6.45, 7) is 2.65. The number of hydrogen-bond donors (Lipinski definition) is 2. The Kier molecular flexibility index (Phi) is 3.69. The normalized spacial score (nSPS) is 20.4. The van der Waals surface area contributed by atoms with E-state index < -0.39 is 0 Å². The molecular weight excluding hydrogens is 242 g/mol. The highest BCUT2D eigenvalue weighted by molar-refractivity contribution is 5.97. The quantitative estimate of drug-likeness (QED) is 0.783. The van der Waals surface area contributed by atoms with Gasteiger partial charge in [0.2, 0.25) is 0 Å². The third-order valence-corrected chi connectivity index (χ3v) is 3.38. The summed E-state index contributed by atoms with van der Waals surface area (Å²) in [6.07, 6.45) is 2.83. The van der Waals surface area contributed by atoms with Crippen LogP contribution in [0.3, 0.4) is 0 Å². The van der Waals surface area contributed by atoms with Gasteiger partial charge in [0.15, 0.2) is 5.76 Å². The molecule has 6 heteroatoms. The van der Waals surface area contributed by atoms with Gasteiger partial charge in [0, 0.05) is 18.9 Å². The summed E-state index contributed by atoms with van der Waals surface area (Å²) in [5.41, 5.74) is 1.58. The second kappa shape index (κ2) is 5.06. The highest BCUT2D eigenvalue weighted by atomic mass is 35.5. The van der Waals surface area contributed by atoms with E-state index in [0.717, 1.165) is 43.8 Å². The molecule has 0 spiro atoms. The zero-order chi connectivity index (χ0) is 11.0. The summed E-state index contributed by atoms with van der Waals surface area (Å²) in [4.78, 5) is 11.8. The molecule has 1 aromatic rings. The Hall–Kier alpha value is -1.07. The number of halogens is 1. The largest absolute Gasteiger partial charge is 0.360 e. The lowest BCUT2D eigenvalue weighted by Crippen LogP contribution is -2.33. The molecule has 0 saturated carbocycles. The van der Waals surface area contributed by atoms with Crippen LogP contribution in [0.2, 0.25) is 0 Å². The lowest BCUT2D eigenvalue weighted by molar-refractivity contribution is 0.0941. The highest BCUT2D eigenvalue weighted by Crippen LogP contribution is 2.30. The molecule has 5 nitrogen and oxygen atoms in total. The van der Waals surface area contributed by atoms with E-state index in [1.807, 2.05) is 0 Å². The summed E-state index contributed by atoms with van der Waals surface area (Å²) < 4.78 is 5.28. The maximum Gasteiger partial charge on any atom is 0.256 e. The Bertz CT molecular complexity index is 413. The number of rotatable bonds is 1. The van der Waals surface area contributed by atoms with Crippen LogP contribution in [-0.4, -0.2) is 30.7 Å². The number of fused-ring (bicyclic) bond motifs is 1. The Labute approximate surface area is 106 Å². The fraction of sp³-hybridized carbons (Fsp3) is 0.636. The molecule has 94 valence electrons. The van der Waals surface area contributed by atoms with Crippen LogP contribution < -0.4 is 10.6 Å². The number of nitrogens with zero attached hydrogens (tertiary/aromatic N) is 1. The average molecular weight is 258 g/mol. The van der Waals surface area contributed by atoms with Crippen molar-refractivity contribution in [3.63, 3.8) is 0 Å². The van der Waals surface area contributed by atoms with Crippen molar-refractivity contribution in [1.82, 2.24) is 15.8 Å². The summed E-state index contributed by atoms with van der Waals surface area (Å²) in [6, 6.07) is 0. The van der Waals surface area contributed by atoms with Crippen LogP contribution in [0, 0.1) is 0 Å². The number of nitrogens with one attached hydrogen (secondary N) is 2. The molecule has 1 saturated heterocycles. The third-order valence-electron chi connectivity index (χ3n) is 3.38. The maximum absolute atomic E-state index is 11.8. The molecule has 0 bridgehead atoms. The van der Waals surface area contributed by atoms with Crippen LogP contribution in [-0.2, 0) is 6.42 Å². The van der Waals surface area contributed by atoms with Gasteiger partial charge in [-0.1, -0.05) is 5.16 Å². The minimum absolute atomic E-state index is 0. The van der Waals surface area contributed by atoms with Crippen molar-refractivity contribution in [2.24, 2.45) is 0 Å². The van der Waals surface area contributed by atoms with E-state index in [2.05, 4.69) is 15.8 Å². The molecule has 2 aliphatic heterocycles. The van der Waals surface area contributed by atoms with Gasteiger partial charge in [-0.05, 0) is 25.9 Å². The first kappa shape index (κ1) is 12.4. The van der Waals surface area contributed by atoms with Gasteiger partial charge in [-0.15, -0.1) is 12.4 Å². The lowest BCUT2D eigenvalue weighted by Gasteiger charge is -2.22. The van der Waals surface area contributed by atoms with Crippen molar-refractivity contribution in [2.45, 2.75) is 25.2 Å². The van der Waals surface area contributed by atoms with Gasteiger partial charge in [0.05, 0.1) is 5.69 Å². The first-order valence-electron chi connectivity index (χ1n) is 5.83. The van der Waals surface area contributed by atoms with E-state index in [9.17, 15) is 4.79 Å². The van der Waals surface area contributed by atoms with Crippen molar-refractivity contribution in [3.05, 3.63) is 17.0 Å².